The van der Waals surface area contributed by atoms with Crippen LogP contribution in [0.1, 0.15) is 28.4 Å². The summed E-state index contributed by atoms with van der Waals surface area (Å²) in [6.07, 6.45) is 1.25. The van der Waals surface area contributed by atoms with Crippen LogP contribution in [0.3, 0.4) is 0 Å². The second kappa shape index (κ2) is 9.39. The van der Waals surface area contributed by atoms with Gasteiger partial charge in [-0.3, -0.25) is 9.59 Å². The zero-order valence-corrected chi connectivity index (χ0v) is 13.8. The number of ether oxygens (including phenoxy) is 2. The zero-order chi connectivity index (χ0) is 18.1. The fraction of sp³-hybridized carbons (Fsp3) is 0.278. The van der Waals surface area contributed by atoms with Gasteiger partial charge in [-0.15, -0.1) is 0 Å². The van der Waals surface area contributed by atoms with Crippen molar-refractivity contribution >= 4 is 11.9 Å². The molecule has 0 saturated carbocycles. The molecule has 0 aliphatic rings. The summed E-state index contributed by atoms with van der Waals surface area (Å²) in [7, 11) is 1.56. The predicted octanol–water partition coefficient (Wildman–Crippen LogP) is 2.05. The van der Waals surface area contributed by atoms with Crippen molar-refractivity contribution in [2.45, 2.75) is 12.5 Å². The van der Waals surface area contributed by atoms with Crippen LogP contribution in [0.25, 0.3) is 0 Å². The number of nitrogens with one attached hydrogen (secondary N) is 1. The molecule has 2 rings (SSSR count). The number of pyridine rings is 1. The van der Waals surface area contributed by atoms with Gasteiger partial charge in [0.2, 0.25) is 5.88 Å². The van der Waals surface area contributed by atoms with Crippen LogP contribution in [0.4, 0.5) is 0 Å². The van der Waals surface area contributed by atoms with Crippen LogP contribution >= 0.6 is 0 Å². The first-order chi connectivity index (χ1) is 12.1. The predicted molar refractivity (Wildman–Crippen MR) is 90.5 cm³/mol. The molecule has 7 heteroatoms. The summed E-state index contributed by atoms with van der Waals surface area (Å²) in [5.41, 5.74) is 1.07. The van der Waals surface area contributed by atoms with Gasteiger partial charge in [0, 0.05) is 24.9 Å². The number of carbonyl (C=O) groups excluding carboxylic acids is 1. The maximum atomic E-state index is 12.5. The fourth-order valence-corrected chi connectivity index (χ4v) is 2.21. The SMILES string of the molecule is COCCOc1cc(C(=O)NC(CC(=O)O)c2ccccc2)ccn1. The Morgan fingerprint density at radius 2 is 1.96 bits per heavy atom. The Morgan fingerprint density at radius 3 is 2.64 bits per heavy atom. The molecule has 2 N–H and O–H groups in total. The first-order valence-corrected chi connectivity index (χ1v) is 7.75. The van der Waals surface area contributed by atoms with Gasteiger partial charge in [0.25, 0.3) is 5.91 Å². The molecule has 1 unspecified atom stereocenters. The maximum Gasteiger partial charge on any atom is 0.305 e. The van der Waals surface area contributed by atoms with Gasteiger partial charge in [-0.2, -0.15) is 0 Å². The van der Waals surface area contributed by atoms with Crippen LogP contribution in [0, 0.1) is 0 Å². The lowest BCUT2D eigenvalue weighted by Gasteiger charge is -2.17. The maximum absolute atomic E-state index is 12.5. The molecule has 1 heterocycles. The van der Waals surface area contributed by atoms with Crippen molar-refractivity contribution in [1.82, 2.24) is 10.3 Å². The number of methoxy groups -OCH3 is 1. The molecule has 0 aliphatic carbocycles. The second-order valence-electron chi connectivity index (χ2n) is 5.26. The smallest absolute Gasteiger partial charge is 0.305 e. The minimum Gasteiger partial charge on any atom is -0.481 e. The number of benzene rings is 1. The molecule has 0 spiro atoms. The number of aliphatic carboxylic acids is 1. The number of nitrogens with zero attached hydrogens (tertiary/aromatic N) is 1. The summed E-state index contributed by atoms with van der Waals surface area (Å²) in [5.74, 6) is -1.08. The van der Waals surface area contributed by atoms with E-state index in [-0.39, 0.29) is 6.42 Å². The van der Waals surface area contributed by atoms with Crippen molar-refractivity contribution in [3.63, 3.8) is 0 Å². The molecular weight excluding hydrogens is 324 g/mol. The van der Waals surface area contributed by atoms with E-state index in [1.807, 2.05) is 6.07 Å². The Balaban J connectivity index is 2.10. The van der Waals surface area contributed by atoms with Crippen molar-refractivity contribution in [2.24, 2.45) is 0 Å². The van der Waals surface area contributed by atoms with Gasteiger partial charge < -0.3 is 19.9 Å². The van der Waals surface area contributed by atoms with E-state index in [0.29, 0.717) is 24.7 Å². The molecule has 1 amide bonds. The molecule has 0 saturated heterocycles. The first kappa shape index (κ1) is 18.4. The lowest BCUT2D eigenvalue weighted by atomic mass is 10.0. The van der Waals surface area contributed by atoms with E-state index in [1.54, 1.807) is 37.4 Å². The normalized spacial score (nSPS) is 11.6. The fourth-order valence-electron chi connectivity index (χ4n) is 2.21. The van der Waals surface area contributed by atoms with E-state index >= 15 is 0 Å². The summed E-state index contributed by atoms with van der Waals surface area (Å²) >= 11 is 0. The van der Waals surface area contributed by atoms with Gasteiger partial charge in [0.15, 0.2) is 0 Å². The number of hydrogen-bond donors (Lipinski definition) is 2. The third-order valence-corrected chi connectivity index (χ3v) is 3.42. The van der Waals surface area contributed by atoms with Crippen molar-refractivity contribution in [3.05, 3.63) is 59.8 Å². The first-order valence-electron chi connectivity index (χ1n) is 7.75. The average Bonchev–Trinajstić information content (AvgIpc) is 2.62. The van der Waals surface area contributed by atoms with E-state index in [1.165, 1.54) is 12.3 Å². The third-order valence-electron chi connectivity index (χ3n) is 3.42. The molecular formula is C18H20N2O5. The molecule has 0 radical (unpaired) electrons. The van der Waals surface area contributed by atoms with Crippen LogP contribution in [-0.4, -0.2) is 42.3 Å². The Morgan fingerprint density at radius 1 is 1.20 bits per heavy atom. The minimum atomic E-state index is -0.993. The topological polar surface area (TPSA) is 97.8 Å². The summed E-state index contributed by atoms with van der Waals surface area (Å²) in [6.45, 7) is 0.729. The Kier molecular flexibility index (Phi) is 6.91. The molecule has 1 aromatic carbocycles. The Labute approximate surface area is 145 Å². The van der Waals surface area contributed by atoms with Gasteiger partial charge >= 0.3 is 5.97 Å². The highest BCUT2D eigenvalue weighted by atomic mass is 16.5. The van der Waals surface area contributed by atoms with Crippen LogP contribution < -0.4 is 10.1 Å². The van der Waals surface area contributed by atoms with E-state index in [2.05, 4.69) is 10.3 Å². The van der Waals surface area contributed by atoms with Gasteiger partial charge in [0.05, 0.1) is 19.1 Å². The third kappa shape index (κ3) is 5.89. The average molecular weight is 344 g/mol. The number of aromatic nitrogens is 1. The Hall–Kier alpha value is -2.93. The highest BCUT2D eigenvalue weighted by Gasteiger charge is 2.19. The van der Waals surface area contributed by atoms with Crippen LogP contribution in [0.15, 0.2) is 48.7 Å². The molecule has 25 heavy (non-hydrogen) atoms. The van der Waals surface area contributed by atoms with Gasteiger partial charge in [0.1, 0.15) is 6.61 Å². The zero-order valence-electron chi connectivity index (χ0n) is 13.8. The molecule has 1 atom stereocenters. The lowest BCUT2D eigenvalue weighted by molar-refractivity contribution is -0.137. The van der Waals surface area contributed by atoms with Crippen molar-refractivity contribution in [2.75, 3.05) is 20.3 Å². The molecule has 0 aliphatic heterocycles. The van der Waals surface area contributed by atoms with Crippen molar-refractivity contribution in [1.29, 1.82) is 0 Å². The van der Waals surface area contributed by atoms with Crippen molar-refractivity contribution in [3.8, 4) is 5.88 Å². The standard InChI is InChI=1S/C18H20N2O5/c1-24-9-10-25-16-11-14(7-8-19-16)18(23)20-15(12-17(21)22)13-5-3-2-4-6-13/h2-8,11,15H,9-10,12H2,1H3,(H,20,23)(H,21,22). The number of carboxylic acids is 1. The molecule has 2 aromatic rings. The number of amides is 1. The van der Waals surface area contributed by atoms with E-state index in [9.17, 15) is 9.59 Å². The number of carboxylic acid groups (broad SMARTS) is 1. The van der Waals surface area contributed by atoms with Crippen LogP contribution in [0.2, 0.25) is 0 Å². The molecule has 7 nitrogen and oxygen atoms in total. The number of rotatable bonds is 9. The minimum absolute atomic E-state index is 0.210. The van der Waals surface area contributed by atoms with Crippen LogP contribution in [-0.2, 0) is 9.53 Å². The quantitative estimate of drug-likeness (QED) is 0.676. The van der Waals surface area contributed by atoms with E-state index < -0.39 is 17.9 Å². The van der Waals surface area contributed by atoms with Gasteiger partial charge in [-0.25, -0.2) is 4.98 Å². The van der Waals surface area contributed by atoms with Gasteiger partial charge in [-0.1, -0.05) is 30.3 Å². The summed E-state index contributed by atoms with van der Waals surface area (Å²) in [6, 6.07) is 11.4. The Bertz CT molecular complexity index is 706. The number of hydrogen-bond acceptors (Lipinski definition) is 5. The summed E-state index contributed by atoms with van der Waals surface area (Å²) in [4.78, 5) is 27.6. The molecule has 0 fully saturated rings. The summed E-state index contributed by atoms with van der Waals surface area (Å²) in [5, 5.41) is 11.8. The van der Waals surface area contributed by atoms with Crippen LogP contribution in [0.5, 0.6) is 5.88 Å². The summed E-state index contributed by atoms with van der Waals surface area (Å²) < 4.78 is 10.3. The van der Waals surface area contributed by atoms with E-state index in [0.717, 1.165) is 5.56 Å². The highest BCUT2D eigenvalue weighted by molar-refractivity contribution is 5.94. The largest absolute Gasteiger partial charge is 0.481 e. The molecule has 132 valence electrons. The monoisotopic (exact) mass is 344 g/mol. The highest BCUT2D eigenvalue weighted by Crippen LogP contribution is 2.18. The second-order valence-corrected chi connectivity index (χ2v) is 5.26. The van der Waals surface area contributed by atoms with E-state index in [4.69, 9.17) is 14.6 Å². The molecule has 1 aromatic heterocycles. The molecule has 0 bridgehead atoms. The lowest BCUT2D eigenvalue weighted by Crippen LogP contribution is -2.30. The van der Waals surface area contributed by atoms with Crippen molar-refractivity contribution < 1.29 is 24.2 Å². The van der Waals surface area contributed by atoms with Gasteiger partial charge in [-0.05, 0) is 11.6 Å². The number of carbonyl (C=O) groups is 2.